The van der Waals surface area contributed by atoms with Gasteiger partial charge in [0.05, 0.1) is 10.6 Å². The summed E-state index contributed by atoms with van der Waals surface area (Å²) in [6, 6.07) is 4.31. The van der Waals surface area contributed by atoms with Gasteiger partial charge in [0.15, 0.2) is 9.84 Å². The van der Waals surface area contributed by atoms with E-state index in [1.165, 1.54) is 43.9 Å². The smallest absolute Gasteiger partial charge is 0.178 e. The Morgan fingerprint density at radius 3 is 2.67 bits per heavy atom. The molecule has 2 atom stereocenters. The fraction of sp³-hybridized carbons (Fsp3) is 0.625. The lowest BCUT2D eigenvalue weighted by molar-refractivity contribution is 0.334. The van der Waals surface area contributed by atoms with E-state index in [0.717, 1.165) is 0 Å². The van der Waals surface area contributed by atoms with E-state index in [0.29, 0.717) is 28.8 Å². The van der Waals surface area contributed by atoms with Crippen LogP contribution in [0.5, 0.6) is 0 Å². The molecule has 5 heteroatoms. The molecule has 2 aliphatic rings. The second-order valence-corrected chi connectivity index (χ2v) is 8.42. The Hall–Kier alpha value is -0.940. The molecule has 0 radical (unpaired) electrons. The Morgan fingerprint density at radius 2 is 1.95 bits per heavy atom. The van der Waals surface area contributed by atoms with E-state index in [4.69, 9.17) is 0 Å². The number of sulfone groups is 1. The summed E-state index contributed by atoms with van der Waals surface area (Å²) < 4.78 is 37.8. The van der Waals surface area contributed by atoms with Crippen molar-refractivity contribution < 1.29 is 12.8 Å². The molecule has 1 saturated carbocycles. The van der Waals surface area contributed by atoms with Crippen LogP contribution in [0.1, 0.15) is 50.6 Å². The van der Waals surface area contributed by atoms with Gasteiger partial charge in [-0.05, 0) is 55.9 Å². The van der Waals surface area contributed by atoms with E-state index in [1.807, 2.05) is 0 Å². The molecule has 3 nitrogen and oxygen atoms in total. The quantitative estimate of drug-likeness (QED) is 0.872. The lowest BCUT2D eigenvalue weighted by Gasteiger charge is -2.31. The van der Waals surface area contributed by atoms with Gasteiger partial charge in [-0.15, -0.1) is 0 Å². The summed E-state index contributed by atoms with van der Waals surface area (Å²) >= 11 is 0. The lowest BCUT2D eigenvalue weighted by Crippen LogP contribution is -2.38. The summed E-state index contributed by atoms with van der Waals surface area (Å²) in [4.78, 5) is 0.297. The van der Waals surface area contributed by atoms with Gasteiger partial charge in [-0.25, -0.2) is 12.8 Å². The molecule has 1 heterocycles. The van der Waals surface area contributed by atoms with Crippen molar-refractivity contribution in [2.45, 2.75) is 56.0 Å². The zero-order chi connectivity index (χ0) is 15.0. The summed E-state index contributed by atoms with van der Waals surface area (Å²) in [5.41, 5.74) is 0.603. The molecule has 0 bridgehead atoms. The topological polar surface area (TPSA) is 46.2 Å². The minimum absolute atomic E-state index is 0.0603. The monoisotopic (exact) mass is 311 g/mol. The fourth-order valence-corrected chi connectivity index (χ4v) is 5.30. The summed E-state index contributed by atoms with van der Waals surface area (Å²) in [6.07, 6.45) is 5.54. The Balaban J connectivity index is 1.85. The first kappa shape index (κ1) is 15.0. The molecule has 0 saturated heterocycles. The number of hydrogen-bond donors (Lipinski definition) is 1. The average Bonchev–Trinajstić information content (AvgIpc) is 2.96. The lowest BCUT2D eigenvalue weighted by atomic mass is 9.96. The van der Waals surface area contributed by atoms with Crippen molar-refractivity contribution in [1.82, 2.24) is 5.32 Å². The second kappa shape index (κ2) is 5.69. The molecule has 0 aromatic heterocycles. The van der Waals surface area contributed by atoms with Crippen molar-refractivity contribution in [1.29, 1.82) is 0 Å². The number of fused-ring (bicyclic) bond motifs is 1. The molecule has 1 N–H and O–H groups in total. The number of halogens is 1. The summed E-state index contributed by atoms with van der Waals surface area (Å²) in [7, 11) is -3.25. The highest BCUT2D eigenvalue weighted by Crippen LogP contribution is 2.35. The van der Waals surface area contributed by atoms with E-state index in [-0.39, 0.29) is 17.6 Å². The number of benzene rings is 1. The molecule has 1 fully saturated rings. The Bertz CT molecular complexity index is 623. The maximum atomic E-state index is 13.5. The number of hydrogen-bond acceptors (Lipinski definition) is 3. The van der Waals surface area contributed by atoms with Crippen LogP contribution in [-0.4, -0.2) is 20.2 Å². The van der Waals surface area contributed by atoms with Gasteiger partial charge in [0, 0.05) is 12.1 Å². The number of nitrogens with one attached hydrogen (secondary N) is 1. The van der Waals surface area contributed by atoms with Gasteiger partial charge in [-0.3, -0.25) is 0 Å². The van der Waals surface area contributed by atoms with Crippen LogP contribution in [0.3, 0.4) is 0 Å². The molecule has 0 spiro atoms. The molecular formula is C16H22FNO2S. The first-order valence-electron chi connectivity index (χ1n) is 7.75. The Kier molecular flexibility index (Phi) is 4.06. The van der Waals surface area contributed by atoms with Crippen LogP contribution < -0.4 is 5.32 Å². The molecular weight excluding hydrogens is 289 g/mol. The van der Waals surface area contributed by atoms with Crippen molar-refractivity contribution in [2.75, 3.05) is 5.75 Å². The van der Waals surface area contributed by atoms with Crippen molar-refractivity contribution in [3.05, 3.63) is 29.6 Å². The maximum Gasteiger partial charge on any atom is 0.178 e. The SMILES string of the molecule is C[C@H](NC1CCS(=O)(=O)c2ccc(F)cc21)C1CCCC1. The van der Waals surface area contributed by atoms with Crippen molar-refractivity contribution in [3.8, 4) is 0 Å². The van der Waals surface area contributed by atoms with Crippen LogP contribution in [0, 0.1) is 11.7 Å². The molecule has 1 aromatic rings. The summed E-state index contributed by atoms with van der Waals surface area (Å²) in [5.74, 6) is 0.424. The normalized spacial score (nSPS) is 26.5. The number of rotatable bonds is 3. The van der Waals surface area contributed by atoms with Gasteiger partial charge in [0.2, 0.25) is 0 Å². The van der Waals surface area contributed by atoms with E-state index < -0.39 is 9.84 Å². The van der Waals surface area contributed by atoms with Gasteiger partial charge in [-0.1, -0.05) is 12.8 Å². The van der Waals surface area contributed by atoms with Crippen LogP contribution in [0.2, 0.25) is 0 Å². The third-order valence-corrected chi connectivity index (χ3v) is 6.74. The minimum atomic E-state index is -3.25. The predicted octanol–water partition coefficient (Wildman–Crippen LogP) is 3.21. The maximum absolute atomic E-state index is 13.5. The van der Waals surface area contributed by atoms with E-state index in [1.54, 1.807) is 0 Å². The van der Waals surface area contributed by atoms with Gasteiger partial charge in [-0.2, -0.15) is 0 Å². The molecule has 21 heavy (non-hydrogen) atoms. The largest absolute Gasteiger partial charge is 0.307 e. The molecule has 1 unspecified atom stereocenters. The van der Waals surface area contributed by atoms with Gasteiger partial charge >= 0.3 is 0 Å². The zero-order valence-electron chi connectivity index (χ0n) is 12.3. The van der Waals surface area contributed by atoms with Crippen LogP contribution >= 0.6 is 0 Å². The van der Waals surface area contributed by atoms with Gasteiger partial charge < -0.3 is 5.32 Å². The van der Waals surface area contributed by atoms with Crippen molar-refractivity contribution in [3.63, 3.8) is 0 Å². The molecule has 1 aromatic carbocycles. The first-order valence-corrected chi connectivity index (χ1v) is 9.41. The molecule has 116 valence electrons. The predicted molar refractivity (Wildman–Crippen MR) is 80.4 cm³/mol. The third kappa shape index (κ3) is 2.99. The zero-order valence-corrected chi connectivity index (χ0v) is 13.1. The Labute approximate surface area is 125 Å². The van der Waals surface area contributed by atoms with E-state index >= 15 is 0 Å². The van der Waals surface area contributed by atoms with E-state index in [9.17, 15) is 12.8 Å². The van der Waals surface area contributed by atoms with Gasteiger partial charge in [0.25, 0.3) is 0 Å². The van der Waals surface area contributed by atoms with E-state index in [2.05, 4.69) is 12.2 Å². The fourth-order valence-electron chi connectivity index (χ4n) is 3.70. The standard InChI is InChI=1S/C16H22FNO2S/c1-11(12-4-2-3-5-12)18-15-8-9-21(19,20)16-7-6-13(17)10-14(15)16/h6-7,10-12,15,18H,2-5,8-9H2,1H3/t11-,15?/m0/s1. The highest BCUT2D eigenvalue weighted by Gasteiger charge is 2.32. The minimum Gasteiger partial charge on any atom is -0.307 e. The molecule has 1 aliphatic carbocycles. The average molecular weight is 311 g/mol. The molecule has 1 aliphatic heterocycles. The van der Waals surface area contributed by atoms with Gasteiger partial charge in [0.1, 0.15) is 5.82 Å². The second-order valence-electron chi connectivity index (χ2n) is 6.34. The first-order chi connectivity index (χ1) is 9.97. The highest BCUT2D eigenvalue weighted by molar-refractivity contribution is 7.91. The van der Waals surface area contributed by atoms with Crippen molar-refractivity contribution >= 4 is 9.84 Å². The van der Waals surface area contributed by atoms with Crippen LogP contribution in [0.4, 0.5) is 4.39 Å². The van der Waals surface area contributed by atoms with Crippen molar-refractivity contribution in [2.24, 2.45) is 5.92 Å². The summed E-state index contributed by atoms with van der Waals surface area (Å²) in [5, 5.41) is 3.55. The van der Waals surface area contributed by atoms with Crippen LogP contribution in [-0.2, 0) is 9.84 Å². The van der Waals surface area contributed by atoms with Crippen LogP contribution in [0.25, 0.3) is 0 Å². The third-order valence-electron chi connectivity index (χ3n) is 4.93. The molecule has 3 rings (SSSR count). The molecule has 0 amide bonds. The highest BCUT2D eigenvalue weighted by atomic mass is 32.2. The van der Waals surface area contributed by atoms with Crippen LogP contribution in [0.15, 0.2) is 23.1 Å². The Morgan fingerprint density at radius 1 is 1.24 bits per heavy atom. The summed E-state index contributed by atoms with van der Waals surface area (Å²) in [6.45, 7) is 2.16.